The van der Waals surface area contributed by atoms with Gasteiger partial charge in [0.15, 0.2) is 5.69 Å². The summed E-state index contributed by atoms with van der Waals surface area (Å²) in [7, 11) is 0. The maximum Gasteiger partial charge on any atom is 0.276 e. The summed E-state index contributed by atoms with van der Waals surface area (Å²) in [6.45, 7) is 9.90. The van der Waals surface area contributed by atoms with Crippen LogP contribution < -0.4 is 0 Å². The van der Waals surface area contributed by atoms with E-state index in [9.17, 15) is 4.79 Å². The topological polar surface area (TPSA) is 54.3 Å². The molecule has 0 atom stereocenters. The lowest BCUT2D eigenvalue weighted by molar-refractivity contribution is 0.0644. The van der Waals surface area contributed by atoms with Crippen LogP contribution in [0.3, 0.4) is 0 Å². The van der Waals surface area contributed by atoms with Gasteiger partial charge in [0, 0.05) is 32.7 Å². The summed E-state index contributed by atoms with van der Waals surface area (Å²) < 4.78 is 1.65. The third-order valence-electron chi connectivity index (χ3n) is 4.37. The van der Waals surface area contributed by atoms with E-state index >= 15 is 0 Å². The van der Waals surface area contributed by atoms with E-state index in [4.69, 9.17) is 0 Å². The van der Waals surface area contributed by atoms with Gasteiger partial charge in [0.1, 0.15) is 0 Å². The molecular weight excluding hydrogens is 302 g/mol. The van der Waals surface area contributed by atoms with E-state index in [0.717, 1.165) is 31.7 Å². The van der Waals surface area contributed by atoms with E-state index in [1.54, 1.807) is 10.9 Å². The van der Waals surface area contributed by atoms with Crippen LogP contribution in [0.25, 0.3) is 5.69 Å². The number of hydrogen-bond donors (Lipinski definition) is 0. The van der Waals surface area contributed by atoms with Crippen molar-refractivity contribution in [1.29, 1.82) is 0 Å². The van der Waals surface area contributed by atoms with Crippen molar-refractivity contribution in [3.63, 3.8) is 0 Å². The normalized spacial score (nSPS) is 15.5. The molecule has 6 heteroatoms. The van der Waals surface area contributed by atoms with Crippen molar-refractivity contribution >= 4 is 5.91 Å². The van der Waals surface area contributed by atoms with Gasteiger partial charge in [-0.2, -0.15) is 0 Å². The monoisotopic (exact) mass is 325 g/mol. The molecule has 1 saturated heterocycles. The van der Waals surface area contributed by atoms with Crippen LogP contribution in [-0.4, -0.2) is 63.4 Å². The average Bonchev–Trinajstić information content (AvgIpc) is 3.12. The number of amides is 1. The lowest BCUT2D eigenvalue weighted by Crippen LogP contribution is -2.48. The van der Waals surface area contributed by atoms with Crippen molar-refractivity contribution in [2.24, 2.45) is 0 Å². The third kappa shape index (κ3) is 3.54. The second-order valence-electron chi connectivity index (χ2n) is 5.95. The zero-order valence-corrected chi connectivity index (χ0v) is 14.1. The molecule has 2 heterocycles. The van der Waals surface area contributed by atoms with Crippen LogP contribution in [0.5, 0.6) is 0 Å². The van der Waals surface area contributed by atoms with E-state index in [2.05, 4.69) is 40.8 Å². The first kappa shape index (κ1) is 16.4. The fourth-order valence-corrected chi connectivity index (χ4v) is 2.85. The van der Waals surface area contributed by atoms with Crippen molar-refractivity contribution in [2.45, 2.75) is 13.3 Å². The molecule has 6 nitrogen and oxygen atoms in total. The van der Waals surface area contributed by atoms with Gasteiger partial charge in [-0.1, -0.05) is 30.3 Å². The largest absolute Gasteiger partial charge is 0.335 e. The highest BCUT2D eigenvalue weighted by Gasteiger charge is 2.23. The summed E-state index contributed by atoms with van der Waals surface area (Å²) >= 11 is 0. The zero-order chi connectivity index (χ0) is 16.9. The summed E-state index contributed by atoms with van der Waals surface area (Å²) in [6.07, 6.45) is 4.60. The molecule has 0 radical (unpaired) electrons. The molecule has 1 aromatic carbocycles. The fraction of sp³-hybridized carbons (Fsp3) is 0.389. The maximum absolute atomic E-state index is 12.6. The van der Waals surface area contributed by atoms with Gasteiger partial charge in [0.25, 0.3) is 5.91 Å². The van der Waals surface area contributed by atoms with Gasteiger partial charge in [-0.25, -0.2) is 4.68 Å². The molecule has 0 bridgehead atoms. The summed E-state index contributed by atoms with van der Waals surface area (Å²) in [4.78, 5) is 16.7. The number of aryl methyl sites for hydroxylation is 1. The molecule has 0 saturated carbocycles. The lowest BCUT2D eigenvalue weighted by atomic mass is 10.1. The van der Waals surface area contributed by atoms with Gasteiger partial charge in [0.2, 0.25) is 0 Å². The maximum atomic E-state index is 12.6. The Balaban J connectivity index is 1.66. The van der Waals surface area contributed by atoms with Gasteiger partial charge < -0.3 is 4.90 Å². The van der Waals surface area contributed by atoms with Crippen molar-refractivity contribution in [3.8, 4) is 5.69 Å². The van der Waals surface area contributed by atoms with E-state index in [0.29, 0.717) is 18.8 Å². The Hall–Kier alpha value is -2.47. The lowest BCUT2D eigenvalue weighted by Gasteiger charge is -2.33. The summed E-state index contributed by atoms with van der Waals surface area (Å²) in [5, 5.41) is 8.16. The number of nitrogens with zero attached hydrogens (tertiary/aromatic N) is 5. The number of piperazine rings is 1. The Bertz CT molecular complexity index is 698. The number of carbonyl (C=O) groups is 1. The minimum absolute atomic E-state index is 0.0512. The van der Waals surface area contributed by atoms with E-state index < -0.39 is 0 Å². The molecule has 2 aromatic rings. The first-order valence-corrected chi connectivity index (χ1v) is 8.35. The second-order valence-corrected chi connectivity index (χ2v) is 5.95. The highest BCUT2D eigenvalue weighted by molar-refractivity contribution is 5.92. The van der Waals surface area contributed by atoms with Crippen LogP contribution in [0.15, 0.2) is 43.1 Å². The predicted molar refractivity (Wildman–Crippen MR) is 93.3 cm³/mol. The van der Waals surface area contributed by atoms with E-state index in [1.807, 2.05) is 23.1 Å². The Morgan fingerprint density at radius 1 is 1.21 bits per heavy atom. The van der Waals surface area contributed by atoms with Crippen LogP contribution in [0.4, 0.5) is 0 Å². The molecule has 1 aliphatic heterocycles. The van der Waals surface area contributed by atoms with Crippen LogP contribution in [0, 0.1) is 0 Å². The Labute approximate surface area is 142 Å². The molecule has 0 spiro atoms. The smallest absolute Gasteiger partial charge is 0.276 e. The summed E-state index contributed by atoms with van der Waals surface area (Å²) in [5.74, 6) is -0.0512. The van der Waals surface area contributed by atoms with Crippen LogP contribution in [0.1, 0.15) is 23.0 Å². The third-order valence-corrected chi connectivity index (χ3v) is 4.37. The van der Waals surface area contributed by atoms with Crippen LogP contribution >= 0.6 is 0 Å². The second kappa shape index (κ2) is 7.40. The van der Waals surface area contributed by atoms with E-state index in [-0.39, 0.29) is 5.91 Å². The molecule has 24 heavy (non-hydrogen) atoms. The zero-order valence-electron chi connectivity index (χ0n) is 14.1. The van der Waals surface area contributed by atoms with Crippen molar-refractivity contribution in [3.05, 3.63) is 54.4 Å². The molecule has 3 rings (SSSR count). The van der Waals surface area contributed by atoms with Crippen molar-refractivity contribution in [2.75, 3.05) is 32.7 Å². The quantitative estimate of drug-likeness (QED) is 0.786. The van der Waals surface area contributed by atoms with Crippen molar-refractivity contribution in [1.82, 2.24) is 24.8 Å². The number of benzene rings is 1. The molecule has 126 valence electrons. The van der Waals surface area contributed by atoms with Gasteiger partial charge in [0.05, 0.1) is 11.9 Å². The van der Waals surface area contributed by atoms with Gasteiger partial charge >= 0.3 is 0 Å². The van der Waals surface area contributed by atoms with Gasteiger partial charge in [-0.05, 0) is 24.1 Å². The number of aromatic nitrogens is 3. The minimum Gasteiger partial charge on any atom is -0.335 e. The first-order chi connectivity index (χ1) is 11.7. The van der Waals surface area contributed by atoms with Gasteiger partial charge in [-0.3, -0.25) is 9.69 Å². The van der Waals surface area contributed by atoms with Crippen molar-refractivity contribution < 1.29 is 4.79 Å². The Kier molecular flexibility index (Phi) is 5.05. The SMILES string of the molecule is C=CCN1CCN(C(=O)c2cn(-c3ccc(CC)cc3)nn2)CC1. The Morgan fingerprint density at radius 3 is 2.54 bits per heavy atom. The molecule has 1 amide bonds. The molecular formula is C18H23N5O. The molecule has 0 N–H and O–H groups in total. The molecule has 1 aromatic heterocycles. The van der Waals surface area contributed by atoms with Crippen LogP contribution in [0.2, 0.25) is 0 Å². The summed E-state index contributed by atoms with van der Waals surface area (Å²) in [6, 6.07) is 8.13. The first-order valence-electron chi connectivity index (χ1n) is 8.35. The highest BCUT2D eigenvalue weighted by Crippen LogP contribution is 2.11. The molecule has 1 fully saturated rings. The van der Waals surface area contributed by atoms with E-state index in [1.165, 1.54) is 5.56 Å². The average molecular weight is 325 g/mol. The standard InChI is InChI=1S/C18H23N5O/c1-3-9-21-10-12-22(13-11-21)18(24)17-14-23(20-19-17)16-7-5-15(4-2)6-8-16/h3,5-8,14H,1,4,9-13H2,2H3. The molecule has 0 aliphatic carbocycles. The Morgan fingerprint density at radius 2 is 1.92 bits per heavy atom. The number of rotatable bonds is 5. The minimum atomic E-state index is -0.0512. The molecule has 0 unspecified atom stereocenters. The number of carbonyl (C=O) groups excluding carboxylic acids is 1. The summed E-state index contributed by atoms with van der Waals surface area (Å²) in [5.41, 5.74) is 2.58. The molecule has 1 aliphatic rings. The van der Waals surface area contributed by atoms with Gasteiger partial charge in [-0.15, -0.1) is 11.7 Å². The predicted octanol–water partition coefficient (Wildman–Crippen LogP) is 1.77. The highest BCUT2D eigenvalue weighted by atomic mass is 16.2. The fourth-order valence-electron chi connectivity index (χ4n) is 2.85. The number of hydrogen-bond acceptors (Lipinski definition) is 4. The van der Waals surface area contributed by atoms with Crippen LogP contribution in [-0.2, 0) is 6.42 Å².